The maximum atomic E-state index is 12.4. The summed E-state index contributed by atoms with van der Waals surface area (Å²) in [6.45, 7) is 1.60. The molecule has 0 bridgehead atoms. The zero-order valence-electron chi connectivity index (χ0n) is 10.8. The monoisotopic (exact) mass is 285 g/mol. The maximum absolute atomic E-state index is 12.4. The third kappa shape index (κ3) is 2.27. The minimum absolute atomic E-state index is 0.146. The molecule has 100 valence electrons. The first-order valence-corrected chi connectivity index (χ1v) is 6.58. The molecule has 0 aliphatic rings. The minimum Gasteiger partial charge on any atom is -0.397 e. The predicted molar refractivity (Wildman–Crippen MR) is 75.9 cm³/mol. The van der Waals surface area contributed by atoms with E-state index < -0.39 is 5.91 Å². The fourth-order valence-corrected chi connectivity index (χ4v) is 2.98. The van der Waals surface area contributed by atoms with Crippen LogP contribution >= 0.6 is 11.3 Å². The van der Waals surface area contributed by atoms with Gasteiger partial charge in [-0.3, -0.25) is 4.79 Å². The van der Waals surface area contributed by atoms with Crippen LogP contribution < -0.4 is 5.73 Å². The van der Waals surface area contributed by atoms with E-state index in [1.54, 1.807) is 6.20 Å². The number of anilines is 1. The Morgan fingerprint density at radius 2 is 2.10 bits per heavy atom. The van der Waals surface area contributed by atoms with Crippen molar-refractivity contribution < 1.29 is 4.79 Å². The number of aromatic nitrogens is 1. The molecule has 2 N–H and O–H groups in total. The number of amides is 1. The number of fused-ring (bicyclic) bond motifs is 1. The summed E-state index contributed by atoms with van der Waals surface area (Å²) < 4.78 is 0. The first kappa shape index (κ1) is 13.8. The molecule has 6 nitrogen and oxygen atoms in total. The molecule has 0 fully saturated rings. The molecule has 2 aromatic rings. The van der Waals surface area contributed by atoms with Crippen molar-refractivity contribution in [1.29, 1.82) is 10.5 Å². The van der Waals surface area contributed by atoms with Crippen LogP contribution in [-0.4, -0.2) is 28.9 Å². The summed E-state index contributed by atoms with van der Waals surface area (Å²) in [4.78, 5) is 18.7. The molecular formula is C13H11N5OS. The number of aryl methyl sites for hydroxylation is 1. The second-order valence-corrected chi connectivity index (χ2v) is 5.13. The number of hydrogen-bond donors (Lipinski definition) is 1. The summed E-state index contributed by atoms with van der Waals surface area (Å²) in [5.41, 5.74) is 7.33. The molecule has 0 aliphatic heterocycles. The lowest BCUT2D eigenvalue weighted by molar-refractivity contribution is 0.0800. The van der Waals surface area contributed by atoms with Crippen molar-refractivity contribution in [3.05, 3.63) is 22.7 Å². The number of pyridine rings is 1. The standard InChI is InChI=1S/C13H11N5OS/c1-8-2-5-17-12-9(8)10(16)11(20-12)13(19)18(6-3-14)7-4-15/h2,5H,6-7,16H2,1H3. The van der Waals surface area contributed by atoms with Crippen LogP contribution in [0.3, 0.4) is 0 Å². The number of nitriles is 2. The Labute approximate surface area is 119 Å². The quantitative estimate of drug-likeness (QED) is 0.863. The van der Waals surface area contributed by atoms with Crippen molar-refractivity contribution in [2.45, 2.75) is 6.92 Å². The maximum Gasteiger partial charge on any atom is 0.267 e. The van der Waals surface area contributed by atoms with Crippen LogP contribution in [0.5, 0.6) is 0 Å². The number of nitrogen functional groups attached to an aromatic ring is 1. The van der Waals surface area contributed by atoms with Crippen molar-refractivity contribution >= 4 is 33.1 Å². The molecule has 2 rings (SSSR count). The fourth-order valence-electron chi connectivity index (χ4n) is 1.88. The third-order valence-electron chi connectivity index (χ3n) is 2.84. The highest BCUT2D eigenvalue weighted by Crippen LogP contribution is 2.34. The molecule has 0 radical (unpaired) electrons. The smallest absolute Gasteiger partial charge is 0.267 e. The van der Waals surface area contributed by atoms with E-state index in [4.69, 9.17) is 16.3 Å². The lowest BCUT2D eigenvalue weighted by Crippen LogP contribution is -2.31. The van der Waals surface area contributed by atoms with Crippen LogP contribution in [-0.2, 0) is 0 Å². The number of hydrogen-bond acceptors (Lipinski definition) is 6. The minimum atomic E-state index is -0.409. The number of nitrogens with two attached hydrogens (primary N) is 1. The Kier molecular flexibility index (Phi) is 3.83. The van der Waals surface area contributed by atoms with Crippen LogP contribution in [0.1, 0.15) is 15.2 Å². The number of rotatable bonds is 3. The van der Waals surface area contributed by atoms with Gasteiger partial charge < -0.3 is 10.6 Å². The highest BCUT2D eigenvalue weighted by Gasteiger charge is 2.23. The van der Waals surface area contributed by atoms with E-state index in [-0.39, 0.29) is 13.1 Å². The molecule has 20 heavy (non-hydrogen) atoms. The molecule has 0 saturated heterocycles. The van der Waals surface area contributed by atoms with Gasteiger partial charge in [-0.25, -0.2) is 4.98 Å². The zero-order chi connectivity index (χ0) is 14.7. The van der Waals surface area contributed by atoms with Gasteiger partial charge in [-0.05, 0) is 18.6 Å². The lowest BCUT2D eigenvalue weighted by Gasteiger charge is -2.14. The lowest BCUT2D eigenvalue weighted by atomic mass is 10.1. The average molecular weight is 285 g/mol. The largest absolute Gasteiger partial charge is 0.397 e. The first-order chi connectivity index (χ1) is 9.60. The van der Waals surface area contributed by atoms with Gasteiger partial charge in [0.2, 0.25) is 0 Å². The normalized spacial score (nSPS) is 9.95. The summed E-state index contributed by atoms with van der Waals surface area (Å²) >= 11 is 1.18. The second kappa shape index (κ2) is 5.55. The Balaban J connectivity index is 2.50. The fraction of sp³-hybridized carbons (Fsp3) is 0.231. The van der Waals surface area contributed by atoms with E-state index in [9.17, 15) is 4.79 Å². The van der Waals surface area contributed by atoms with Crippen LogP contribution in [0.2, 0.25) is 0 Å². The second-order valence-electron chi connectivity index (χ2n) is 4.13. The number of carbonyl (C=O) groups excluding carboxylic acids is 1. The first-order valence-electron chi connectivity index (χ1n) is 5.77. The molecular weight excluding hydrogens is 274 g/mol. The van der Waals surface area contributed by atoms with E-state index in [2.05, 4.69) is 4.98 Å². The van der Waals surface area contributed by atoms with E-state index in [0.29, 0.717) is 15.4 Å². The van der Waals surface area contributed by atoms with Crippen LogP contribution in [0.15, 0.2) is 12.3 Å². The Bertz CT molecular complexity index is 736. The molecule has 2 aromatic heterocycles. The van der Waals surface area contributed by atoms with Crippen molar-refractivity contribution in [3.63, 3.8) is 0 Å². The van der Waals surface area contributed by atoms with Crippen molar-refractivity contribution in [3.8, 4) is 12.1 Å². The van der Waals surface area contributed by atoms with Crippen molar-refractivity contribution in [2.24, 2.45) is 0 Å². The van der Waals surface area contributed by atoms with Gasteiger partial charge in [0.1, 0.15) is 22.8 Å². The van der Waals surface area contributed by atoms with Gasteiger partial charge in [-0.15, -0.1) is 11.3 Å². The Hall–Kier alpha value is -2.64. The van der Waals surface area contributed by atoms with E-state index >= 15 is 0 Å². The van der Waals surface area contributed by atoms with E-state index in [1.807, 2.05) is 25.1 Å². The van der Waals surface area contributed by atoms with Crippen LogP contribution in [0, 0.1) is 29.6 Å². The van der Waals surface area contributed by atoms with Gasteiger partial charge in [0.15, 0.2) is 0 Å². The van der Waals surface area contributed by atoms with E-state index in [1.165, 1.54) is 11.3 Å². The van der Waals surface area contributed by atoms with Crippen molar-refractivity contribution in [2.75, 3.05) is 18.8 Å². The van der Waals surface area contributed by atoms with Crippen LogP contribution in [0.4, 0.5) is 5.69 Å². The van der Waals surface area contributed by atoms with E-state index in [0.717, 1.165) is 15.8 Å². The summed E-state index contributed by atoms with van der Waals surface area (Å²) in [7, 11) is 0. The number of thiophene rings is 1. The zero-order valence-corrected chi connectivity index (χ0v) is 11.6. The molecule has 0 aromatic carbocycles. The molecule has 1 amide bonds. The van der Waals surface area contributed by atoms with Gasteiger partial charge >= 0.3 is 0 Å². The third-order valence-corrected chi connectivity index (χ3v) is 3.94. The molecule has 0 aliphatic carbocycles. The topological polar surface area (TPSA) is 107 Å². The average Bonchev–Trinajstić information content (AvgIpc) is 2.76. The Morgan fingerprint density at radius 1 is 1.45 bits per heavy atom. The van der Waals surface area contributed by atoms with Crippen LogP contribution in [0.25, 0.3) is 10.2 Å². The summed E-state index contributed by atoms with van der Waals surface area (Å²) in [5.74, 6) is -0.409. The summed E-state index contributed by atoms with van der Waals surface area (Å²) in [6.07, 6.45) is 1.66. The summed E-state index contributed by atoms with van der Waals surface area (Å²) in [5, 5.41) is 18.2. The molecule has 0 spiro atoms. The summed E-state index contributed by atoms with van der Waals surface area (Å²) in [6, 6.07) is 5.56. The van der Waals surface area contributed by atoms with Gasteiger partial charge in [-0.1, -0.05) is 0 Å². The predicted octanol–water partition coefficient (Wildman–Crippen LogP) is 1.68. The molecule has 7 heteroatoms. The SMILES string of the molecule is Cc1ccnc2sc(C(=O)N(CC#N)CC#N)c(N)c12. The molecule has 2 heterocycles. The number of carbonyl (C=O) groups is 1. The number of nitrogens with zero attached hydrogens (tertiary/aromatic N) is 4. The Morgan fingerprint density at radius 3 is 2.65 bits per heavy atom. The highest BCUT2D eigenvalue weighted by atomic mass is 32.1. The highest BCUT2D eigenvalue weighted by molar-refractivity contribution is 7.21. The van der Waals surface area contributed by atoms with Gasteiger partial charge in [0.05, 0.1) is 17.8 Å². The van der Waals surface area contributed by atoms with Gasteiger partial charge in [0.25, 0.3) is 5.91 Å². The van der Waals surface area contributed by atoms with Gasteiger partial charge in [-0.2, -0.15) is 10.5 Å². The molecule has 0 unspecified atom stereocenters. The van der Waals surface area contributed by atoms with Gasteiger partial charge in [0, 0.05) is 11.6 Å². The molecule has 0 saturated carbocycles. The van der Waals surface area contributed by atoms with Crippen molar-refractivity contribution in [1.82, 2.24) is 9.88 Å². The molecule has 0 atom stereocenters.